The number of hydrogen-bond donors (Lipinski definition) is 2. The second-order valence-corrected chi connectivity index (χ2v) is 8.97. The molecule has 31 heavy (non-hydrogen) atoms. The van der Waals surface area contributed by atoms with Gasteiger partial charge in [-0.3, -0.25) is 14.4 Å². The summed E-state index contributed by atoms with van der Waals surface area (Å²) in [6, 6.07) is 3.48. The van der Waals surface area contributed by atoms with Crippen LogP contribution >= 0.6 is 0 Å². The average Bonchev–Trinajstić information content (AvgIpc) is 3.22. The van der Waals surface area contributed by atoms with E-state index in [-0.39, 0.29) is 29.1 Å². The maximum atomic E-state index is 13.0. The van der Waals surface area contributed by atoms with Crippen LogP contribution < -0.4 is 16.1 Å². The predicted octanol–water partition coefficient (Wildman–Crippen LogP) is 2.66. The molecule has 0 aliphatic heterocycles. The van der Waals surface area contributed by atoms with Gasteiger partial charge in [0.05, 0.1) is 12.8 Å². The molecule has 0 radical (unpaired) electrons. The van der Waals surface area contributed by atoms with Crippen LogP contribution in [0.25, 0.3) is 0 Å². The lowest BCUT2D eigenvalue weighted by molar-refractivity contribution is 0.0927. The molecule has 0 aliphatic rings. The first-order valence-electron chi connectivity index (χ1n) is 10.5. The van der Waals surface area contributed by atoms with E-state index in [1.54, 1.807) is 16.7 Å². The number of nitrogens with one attached hydrogen (secondary N) is 2. The van der Waals surface area contributed by atoms with Gasteiger partial charge >= 0.3 is 0 Å². The molecule has 2 N–H and O–H groups in total. The number of pyridine rings is 1. The minimum atomic E-state index is -0.584. The fraction of sp³-hybridized carbons (Fsp3) is 0.522. The van der Waals surface area contributed by atoms with Crippen molar-refractivity contribution in [3.05, 3.63) is 57.9 Å². The maximum absolute atomic E-state index is 13.0. The van der Waals surface area contributed by atoms with E-state index in [2.05, 4.69) is 10.6 Å². The summed E-state index contributed by atoms with van der Waals surface area (Å²) in [5, 5.41) is 5.55. The first-order chi connectivity index (χ1) is 14.5. The highest BCUT2D eigenvalue weighted by Gasteiger charge is 2.24. The van der Waals surface area contributed by atoms with E-state index in [0.717, 1.165) is 13.0 Å². The van der Waals surface area contributed by atoms with Crippen LogP contribution in [0.15, 0.2) is 40.0 Å². The Morgan fingerprint density at radius 3 is 2.29 bits per heavy atom. The van der Waals surface area contributed by atoms with Crippen LogP contribution in [-0.4, -0.2) is 48.5 Å². The van der Waals surface area contributed by atoms with E-state index in [1.165, 1.54) is 18.7 Å². The number of carbonyl (C=O) groups is 2. The molecule has 2 aromatic heterocycles. The highest BCUT2D eigenvalue weighted by atomic mass is 16.3. The molecular weight excluding hydrogens is 396 g/mol. The molecular formula is C23H34N4O4. The number of nitrogens with zero attached hydrogens (tertiary/aromatic N) is 2. The third-order valence-electron chi connectivity index (χ3n) is 5.11. The summed E-state index contributed by atoms with van der Waals surface area (Å²) in [5.74, 6) is -0.441. The van der Waals surface area contributed by atoms with Crippen molar-refractivity contribution in [2.45, 2.75) is 46.7 Å². The third-order valence-corrected chi connectivity index (χ3v) is 5.11. The minimum Gasteiger partial charge on any atom is -0.467 e. The Bertz CT molecular complexity index is 945. The zero-order valence-electron chi connectivity index (χ0n) is 19.3. The molecule has 170 valence electrons. The summed E-state index contributed by atoms with van der Waals surface area (Å²) in [5.41, 5.74) is -0.856. The van der Waals surface area contributed by atoms with Gasteiger partial charge < -0.3 is 24.5 Å². The van der Waals surface area contributed by atoms with Crippen LogP contribution in [0.1, 0.15) is 66.6 Å². The Balaban J connectivity index is 2.29. The molecule has 2 rings (SSSR count). The van der Waals surface area contributed by atoms with E-state index in [0.29, 0.717) is 12.3 Å². The normalized spacial score (nSPS) is 12.6. The highest BCUT2D eigenvalue weighted by molar-refractivity contribution is 5.99. The van der Waals surface area contributed by atoms with Gasteiger partial charge in [-0.1, -0.05) is 20.8 Å². The van der Waals surface area contributed by atoms with Gasteiger partial charge in [0.15, 0.2) is 0 Å². The Kier molecular flexibility index (Phi) is 8.21. The molecule has 2 heterocycles. The molecule has 1 unspecified atom stereocenters. The van der Waals surface area contributed by atoms with Crippen LogP contribution in [-0.2, 0) is 6.54 Å². The lowest BCUT2D eigenvalue weighted by Crippen LogP contribution is -2.42. The highest BCUT2D eigenvalue weighted by Crippen LogP contribution is 2.15. The summed E-state index contributed by atoms with van der Waals surface area (Å²) >= 11 is 0. The van der Waals surface area contributed by atoms with Gasteiger partial charge in [-0.15, -0.1) is 0 Å². The fourth-order valence-corrected chi connectivity index (χ4v) is 3.39. The molecule has 1 atom stereocenters. The van der Waals surface area contributed by atoms with Crippen molar-refractivity contribution in [3.8, 4) is 0 Å². The molecule has 0 aromatic carbocycles. The number of carbonyl (C=O) groups excluding carboxylic acids is 2. The lowest BCUT2D eigenvalue weighted by atomic mass is 9.93. The maximum Gasteiger partial charge on any atom is 0.257 e. The quantitative estimate of drug-likeness (QED) is 0.604. The molecule has 8 heteroatoms. The van der Waals surface area contributed by atoms with Gasteiger partial charge in [0.2, 0.25) is 5.43 Å². The Morgan fingerprint density at radius 2 is 1.77 bits per heavy atom. The van der Waals surface area contributed by atoms with Gasteiger partial charge in [-0.25, -0.2) is 0 Å². The van der Waals surface area contributed by atoms with Crippen LogP contribution in [0.4, 0.5) is 0 Å². The first-order valence-corrected chi connectivity index (χ1v) is 10.5. The Morgan fingerprint density at radius 1 is 1.16 bits per heavy atom. The fourth-order valence-electron chi connectivity index (χ4n) is 3.39. The molecule has 2 aromatic rings. The molecule has 0 saturated carbocycles. The van der Waals surface area contributed by atoms with Crippen molar-refractivity contribution in [2.24, 2.45) is 5.41 Å². The summed E-state index contributed by atoms with van der Waals surface area (Å²) in [6.07, 6.45) is 5.35. The van der Waals surface area contributed by atoms with Crippen LogP contribution in [0, 0.1) is 5.41 Å². The average molecular weight is 431 g/mol. The number of hydrogen-bond acceptors (Lipinski definition) is 5. The molecule has 0 fully saturated rings. The molecule has 0 bridgehead atoms. The summed E-state index contributed by atoms with van der Waals surface area (Å²) < 4.78 is 6.97. The number of rotatable bonds is 10. The summed E-state index contributed by atoms with van der Waals surface area (Å²) in [4.78, 5) is 40.7. The van der Waals surface area contributed by atoms with Gasteiger partial charge in [0.25, 0.3) is 11.8 Å². The molecule has 0 aliphatic carbocycles. The van der Waals surface area contributed by atoms with Crippen molar-refractivity contribution in [1.29, 1.82) is 0 Å². The Labute approximate surface area is 183 Å². The molecule has 2 amide bonds. The first kappa shape index (κ1) is 24.4. The van der Waals surface area contributed by atoms with Gasteiger partial charge in [-0.2, -0.15) is 0 Å². The van der Waals surface area contributed by atoms with Gasteiger partial charge in [0.1, 0.15) is 16.9 Å². The van der Waals surface area contributed by atoms with Crippen molar-refractivity contribution in [3.63, 3.8) is 0 Å². The zero-order chi connectivity index (χ0) is 23.2. The van der Waals surface area contributed by atoms with Gasteiger partial charge in [-0.05, 0) is 45.0 Å². The van der Waals surface area contributed by atoms with E-state index in [9.17, 15) is 14.4 Å². The molecule has 0 saturated heterocycles. The third kappa shape index (κ3) is 6.82. The Hall–Kier alpha value is -2.87. The SMILES string of the molecule is CCC(C)n1cc(C(=O)NCc2ccco2)c(=O)c(C(=O)NCC(C)(C)CN(C)C)c1. The van der Waals surface area contributed by atoms with E-state index in [1.807, 2.05) is 46.7 Å². The van der Waals surface area contributed by atoms with Crippen LogP contribution in [0.2, 0.25) is 0 Å². The standard InChI is InChI=1S/C23H34N4O4/c1-7-16(2)27-12-18(21(29)24-11-17-9-8-10-31-17)20(28)19(13-27)22(30)25-14-23(3,4)15-26(5)6/h8-10,12-13,16H,7,11,14-15H2,1-6H3,(H,24,29)(H,25,30). The van der Waals surface area contributed by atoms with Crippen LogP contribution in [0.5, 0.6) is 0 Å². The van der Waals surface area contributed by atoms with Crippen molar-refractivity contribution >= 4 is 11.8 Å². The number of aromatic nitrogens is 1. The lowest BCUT2D eigenvalue weighted by Gasteiger charge is -2.28. The summed E-state index contributed by atoms with van der Waals surface area (Å²) in [6.45, 7) is 9.40. The van der Waals surface area contributed by atoms with Gasteiger partial charge in [0, 0.05) is 31.5 Å². The van der Waals surface area contributed by atoms with Crippen molar-refractivity contribution < 1.29 is 14.0 Å². The number of amides is 2. The van der Waals surface area contributed by atoms with E-state index < -0.39 is 17.2 Å². The van der Waals surface area contributed by atoms with Crippen molar-refractivity contribution in [2.75, 3.05) is 27.2 Å². The second kappa shape index (κ2) is 10.4. The molecule has 8 nitrogen and oxygen atoms in total. The van der Waals surface area contributed by atoms with Crippen molar-refractivity contribution in [1.82, 2.24) is 20.1 Å². The van der Waals surface area contributed by atoms with E-state index >= 15 is 0 Å². The largest absolute Gasteiger partial charge is 0.467 e. The number of furan rings is 1. The zero-order valence-corrected chi connectivity index (χ0v) is 19.3. The smallest absolute Gasteiger partial charge is 0.257 e. The summed E-state index contributed by atoms with van der Waals surface area (Å²) in [7, 11) is 3.94. The predicted molar refractivity (Wildman–Crippen MR) is 120 cm³/mol. The van der Waals surface area contributed by atoms with E-state index in [4.69, 9.17) is 4.42 Å². The molecule has 0 spiro atoms. The van der Waals surface area contributed by atoms with Crippen LogP contribution in [0.3, 0.4) is 0 Å². The monoisotopic (exact) mass is 430 g/mol. The minimum absolute atomic E-state index is 0.0222. The topological polar surface area (TPSA) is 96.6 Å². The second-order valence-electron chi connectivity index (χ2n) is 8.97.